The van der Waals surface area contributed by atoms with E-state index >= 15 is 0 Å². The molecule has 0 heterocycles. The van der Waals surface area contributed by atoms with Gasteiger partial charge in [0, 0.05) is 0 Å². The van der Waals surface area contributed by atoms with Crippen LogP contribution in [0, 0.1) is 0 Å². The van der Waals surface area contributed by atoms with E-state index < -0.39 is 31.4 Å². The van der Waals surface area contributed by atoms with E-state index in [2.05, 4.69) is 0 Å². The van der Waals surface area contributed by atoms with Gasteiger partial charge in [0.05, 0.1) is 22.7 Å². The summed E-state index contributed by atoms with van der Waals surface area (Å²) >= 11 is 0. The zero-order valence-corrected chi connectivity index (χ0v) is 4.74. The third-order valence-corrected chi connectivity index (χ3v) is 0.660. The highest BCUT2D eigenvalue weighted by Crippen LogP contribution is 1.97. The van der Waals surface area contributed by atoms with Crippen molar-refractivity contribution >= 4 is 0 Å². The van der Waals surface area contributed by atoms with Gasteiger partial charge in [-0.2, -0.15) is 0 Å². The molecule has 5 nitrogen and oxygen atoms in total. The van der Waals surface area contributed by atoms with Crippen molar-refractivity contribution in [2.75, 3.05) is 13.1 Å². The molecule has 0 amide bonds. The van der Waals surface area contributed by atoms with E-state index in [1.807, 2.05) is 0 Å². The quantitative estimate of drug-likeness (QED) is 0.302. The molecule has 0 aliphatic carbocycles. The van der Waals surface area contributed by atoms with Crippen molar-refractivity contribution in [3.8, 4) is 0 Å². The molecular weight excluding hydrogens is 140 g/mol. The molecule has 0 aliphatic rings. The first-order valence-corrected chi connectivity index (χ1v) is 2.12. The Bertz CT molecular complexity index is 262. The Morgan fingerprint density at radius 2 is 1.40 bits per heavy atom. The lowest BCUT2D eigenvalue weighted by Crippen LogP contribution is -2.41. The van der Waals surface area contributed by atoms with Crippen LogP contribution in [-0.4, -0.2) is 56.9 Å². The van der Waals surface area contributed by atoms with Crippen molar-refractivity contribution in [2.45, 2.75) is 18.2 Å². The third kappa shape index (κ3) is 2.59. The zero-order chi connectivity index (χ0) is 14.5. The van der Waals surface area contributed by atoms with Gasteiger partial charge in [0.15, 0.2) is 0 Å². The van der Waals surface area contributed by atoms with E-state index in [4.69, 9.17) is 30.0 Å². The maximum Gasteiger partial charge on any atom is 0.110 e. The summed E-state index contributed by atoms with van der Waals surface area (Å²) in [5, 5.41) is 44.9. The number of aliphatic hydroxyl groups is 5. The second-order valence-electron chi connectivity index (χ2n) is 1.27. The molecule has 0 radical (unpaired) electrons. The Morgan fingerprint density at radius 3 is 1.60 bits per heavy atom. The summed E-state index contributed by atoms with van der Waals surface area (Å²) in [6.45, 7) is -7.94. The SMILES string of the molecule is [2H]C([2H])(O)[C@]([2H])(O)[C@@]([2H])(O)[C@]([2H])(O)C([2H])([2H])O. The first kappa shape index (κ1) is 3.04. The van der Waals surface area contributed by atoms with Crippen LogP contribution in [0.2, 0.25) is 0 Å². The number of hydrogen-bond acceptors (Lipinski definition) is 5. The number of rotatable bonds is 4. The fourth-order valence-electron chi connectivity index (χ4n) is 0.218. The maximum atomic E-state index is 9.23. The summed E-state index contributed by atoms with van der Waals surface area (Å²) in [5.74, 6) is 0. The van der Waals surface area contributed by atoms with E-state index in [-0.39, 0.29) is 0 Å². The molecule has 0 aromatic heterocycles. The average molecular weight is 159 g/mol. The van der Waals surface area contributed by atoms with E-state index in [0.29, 0.717) is 0 Å². The second kappa shape index (κ2) is 4.59. The second-order valence-corrected chi connectivity index (χ2v) is 1.27. The molecular formula is C5H12O5. The largest absolute Gasteiger partial charge is 0.394 e. The lowest BCUT2D eigenvalue weighted by atomic mass is 10.1. The maximum absolute atomic E-state index is 9.23. The Balaban J connectivity index is 5.73. The van der Waals surface area contributed by atoms with Crippen LogP contribution in [0.4, 0.5) is 0 Å². The van der Waals surface area contributed by atoms with E-state index in [1.165, 1.54) is 0 Å². The summed E-state index contributed by atoms with van der Waals surface area (Å²) in [4.78, 5) is 0. The molecule has 0 rings (SSSR count). The molecule has 0 saturated carbocycles. The summed E-state index contributed by atoms with van der Waals surface area (Å²) in [6.07, 6.45) is -12.7. The average Bonchev–Trinajstić information content (AvgIpc) is 1.98. The summed E-state index contributed by atoms with van der Waals surface area (Å²) < 4.78 is 46.9. The van der Waals surface area contributed by atoms with Gasteiger partial charge < -0.3 is 25.5 Å². The van der Waals surface area contributed by atoms with Gasteiger partial charge in [-0.3, -0.25) is 0 Å². The minimum atomic E-state index is -4.30. The normalized spacial score (nSPS) is 42.7. The highest BCUT2D eigenvalue weighted by molar-refractivity contribution is 4.73. The summed E-state index contributed by atoms with van der Waals surface area (Å²) in [7, 11) is 0. The van der Waals surface area contributed by atoms with Crippen LogP contribution in [0.3, 0.4) is 0 Å². The van der Waals surface area contributed by atoms with Crippen molar-refractivity contribution in [3.63, 3.8) is 0 Å². The molecule has 0 unspecified atom stereocenters. The van der Waals surface area contributed by atoms with Gasteiger partial charge in [-0.15, -0.1) is 0 Å². The van der Waals surface area contributed by atoms with Gasteiger partial charge in [-0.25, -0.2) is 0 Å². The molecule has 5 N–H and O–H groups in total. The smallest absolute Gasteiger partial charge is 0.110 e. The fourth-order valence-corrected chi connectivity index (χ4v) is 0.218. The van der Waals surface area contributed by atoms with Crippen molar-refractivity contribution < 1.29 is 35.1 Å². The first-order valence-electron chi connectivity index (χ1n) is 5.62. The van der Waals surface area contributed by atoms with Crippen LogP contribution in [0.5, 0.6) is 0 Å². The first-order chi connectivity index (χ1) is 7.00. The van der Waals surface area contributed by atoms with Gasteiger partial charge in [0.25, 0.3) is 0 Å². The topological polar surface area (TPSA) is 101 Å². The summed E-state index contributed by atoms with van der Waals surface area (Å²) in [6, 6.07) is 0. The van der Waals surface area contributed by atoms with E-state index in [1.54, 1.807) is 0 Å². The van der Waals surface area contributed by atoms with Crippen LogP contribution < -0.4 is 0 Å². The van der Waals surface area contributed by atoms with Crippen LogP contribution in [0.15, 0.2) is 0 Å². The lowest BCUT2D eigenvalue weighted by Gasteiger charge is -2.19. The number of hydrogen-bond donors (Lipinski definition) is 5. The predicted molar refractivity (Wildman–Crippen MR) is 32.2 cm³/mol. The van der Waals surface area contributed by atoms with Crippen molar-refractivity contribution in [3.05, 3.63) is 0 Å². The van der Waals surface area contributed by atoms with Gasteiger partial charge in [-0.05, 0) is 0 Å². The van der Waals surface area contributed by atoms with Crippen molar-refractivity contribution in [1.82, 2.24) is 0 Å². The summed E-state index contributed by atoms with van der Waals surface area (Å²) in [5.41, 5.74) is 0. The highest BCUT2D eigenvalue weighted by Gasteiger charge is 2.22. The minimum Gasteiger partial charge on any atom is -0.394 e. The van der Waals surface area contributed by atoms with Crippen molar-refractivity contribution in [1.29, 1.82) is 0 Å². The van der Waals surface area contributed by atoms with Gasteiger partial charge in [0.2, 0.25) is 0 Å². The molecule has 62 valence electrons. The van der Waals surface area contributed by atoms with Crippen LogP contribution in [-0.2, 0) is 0 Å². The Hall–Kier alpha value is -0.200. The van der Waals surface area contributed by atoms with Crippen LogP contribution in [0.25, 0.3) is 0 Å². The molecule has 0 aromatic carbocycles. The molecule has 3 atom stereocenters. The highest BCUT2D eigenvalue weighted by atomic mass is 16.4. The molecule has 0 aliphatic heterocycles. The monoisotopic (exact) mass is 159 g/mol. The molecule has 0 aromatic rings. The van der Waals surface area contributed by atoms with Crippen LogP contribution in [0.1, 0.15) is 9.60 Å². The lowest BCUT2D eigenvalue weighted by molar-refractivity contribution is -0.0900. The fraction of sp³-hybridized carbons (Fsp3) is 1.00. The Labute approximate surface area is 68.0 Å². The molecule has 0 bridgehead atoms. The van der Waals surface area contributed by atoms with Gasteiger partial charge >= 0.3 is 0 Å². The third-order valence-electron chi connectivity index (χ3n) is 0.660. The predicted octanol–water partition coefficient (Wildman–Crippen LogP) is -2.95. The van der Waals surface area contributed by atoms with Gasteiger partial charge in [-0.1, -0.05) is 0 Å². The Kier molecular flexibility index (Phi) is 1.40. The zero-order valence-electron chi connectivity index (χ0n) is 11.7. The standard InChI is InChI=1S/C5H12O5/c6-1-3(8)5(10)4(9)2-7/h3-10H,1-2H2/t3-,4+,5+/i1D2,2D2,3D,4D,5D. The van der Waals surface area contributed by atoms with Crippen LogP contribution >= 0.6 is 0 Å². The molecule has 0 fully saturated rings. The molecule has 10 heavy (non-hydrogen) atoms. The van der Waals surface area contributed by atoms with Crippen molar-refractivity contribution in [2.24, 2.45) is 0 Å². The van der Waals surface area contributed by atoms with E-state index in [9.17, 15) is 5.11 Å². The molecule has 0 spiro atoms. The Morgan fingerprint density at radius 1 is 1.10 bits per heavy atom. The van der Waals surface area contributed by atoms with Gasteiger partial charge in [0.1, 0.15) is 18.2 Å². The molecule has 0 saturated heterocycles. The molecule has 5 heteroatoms. The minimum absolute atomic E-state index is 3.97. The van der Waals surface area contributed by atoms with E-state index in [0.717, 1.165) is 0 Å².